The number of hydrogen-bond acceptors (Lipinski definition) is 2. The highest BCUT2D eigenvalue weighted by Crippen LogP contribution is 2.28. The van der Waals surface area contributed by atoms with Crippen molar-refractivity contribution in [1.29, 1.82) is 0 Å². The number of aryl methyl sites for hydroxylation is 1. The molecule has 1 heterocycles. The van der Waals surface area contributed by atoms with Crippen molar-refractivity contribution in [1.82, 2.24) is 0 Å². The van der Waals surface area contributed by atoms with Gasteiger partial charge in [0.15, 0.2) is 0 Å². The van der Waals surface area contributed by atoms with Gasteiger partial charge in [0.05, 0.1) is 0 Å². The number of rotatable bonds is 3. The maximum atomic E-state index is 6.17. The van der Waals surface area contributed by atoms with Gasteiger partial charge in [0.1, 0.15) is 0 Å². The van der Waals surface area contributed by atoms with Gasteiger partial charge < -0.3 is 5.73 Å². The summed E-state index contributed by atoms with van der Waals surface area (Å²) in [5.41, 5.74) is 6.17. The lowest BCUT2D eigenvalue weighted by atomic mass is 9.83. The standard InChI is InChI=1S/C13H21NS/c1-2-11-7-8-12(15-11)9-10-5-3-4-6-13(10)14/h7-8,10,13H,2-6,9,14H2,1H3. The second-order valence-corrected chi connectivity index (χ2v) is 5.89. The van der Waals surface area contributed by atoms with Crippen LogP contribution >= 0.6 is 11.3 Å². The van der Waals surface area contributed by atoms with Gasteiger partial charge in [0.2, 0.25) is 0 Å². The summed E-state index contributed by atoms with van der Waals surface area (Å²) in [6.07, 6.45) is 7.66. The van der Waals surface area contributed by atoms with E-state index < -0.39 is 0 Å². The zero-order chi connectivity index (χ0) is 10.7. The Morgan fingerprint density at radius 2 is 2.00 bits per heavy atom. The summed E-state index contributed by atoms with van der Waals surface area (Å²) in [5.74, 6) is 0.738. The molecule has 1 aliphatic rings. The predicted octanol–water partition coefficient (Wildman–Crippen LogP) is 3.37. The Morgan fingerprint density at radius 3 is 2.67 bits per heavy atom. The van der Waals surface area contributed by atoms with Crippen LogP contribution in [0.4, 0.5) is 0 Å². The Kier molecular flexibility index (Phi) is 3.81. The quantitative estimate of drug-likeness (QED) is 0.835. The van der Waals surface area contributed by atoms with Crippen LogP contribution in [0.5, 0.6) is 0 Å². The van der Waals surface area contributed by atoms with Gasteiger partial charge in [0, 0.05) is 15.8 Å². The molecule has 2 rings (SSSR count). The van der Waals surface area contributed by atoms with Crippen molar-refractivity contribution in [2.75, 3.05) is 0 Å². The van der Waals surface area contributed by atoms with E-state index in [4.69, 9.17) is 5.73 Å². The fourth-order valence-electron chi connectivity index (χ4n) is 2.47. The van der Waals surface area contributed by atoms with Gasteiger partial charge in [0.25, 0.3) is 0 Å². The van der Waals surface area contributed by atoms with Crippen LogP contribution < -0.4 is 5.73 Å². The third kappa shape index (κ3) is 2.82. The normalized spacial score (nSPS) is 26.8. The molecular weight excluding hydrogens is 202 g/mol. The van der Waals surface area contributed by atoms with E-state index in [9.17, 15) is 0 Å². The van der Waals surface area contributed by atoms with Gasteiger partial charge in [-0.15, -0.1) is 11.3 Å². The molecule has 2 unspecified atom stereocenters. The third-order valence-electron chi connectivity index (χ3n) is 3.50. The fourth-order valence-corrected chi connectivity index (χ4v) is 3.52. The van der Waals surface area contributed by atoms with Crippen molar-refractivity contribution in [3.8, 4) is 0 Å². The highest BCUT2D eigenvalue weighted by Gasteiger charge is 2.22. The second-order valence-electron chi connectivity index (χ2n) is 4.63. The van der Waals surface area contributed by atoms with E-state index >= 15 is 0 Å². The van der Waals surface area contributed by atoms with Crippen LogP contribution in [-0.2, 0) is 12.8 Å². The molecule has 2 heteroatoms. The minimum atomic E-state index is 0.450. The molecule has 1 nitrogen and oxygen atoms in total. The Labute approximate surface area is 96.7 Å². The Balaban J connectivity index is 1.95. The van der Waals surface area contributed by atoms with Crippen LogP contribution in [-0.4, -0.2) is 6.04 Å². The lowest BCUT2D eigenvalue weighted by Crippen LogP contribution is -2.34. The van der Waals surface area contributed by atoms with Gasteiger partial charge in [-0.2, -0.15) is 0 Å². The second kappa shape index (κ2) is 5.13. The van der Waals surface area contributed by atoms with Gasteiger partial charge in [-0.25, -0.2) is 0 Å². The van der Waals surface area contributed by atoms with Crippen LogP contribution in [0, 0.1) is 5.92 Å². The molecule has 1 fully saturated rings. The van der Waals surface area contributed by atoms with E-state index in [1.54, 1.807) is 0 Å². The first-order valence-electron chi connectivity index (χ1n) is 6.12. The van der Waals surface area contributed by atoms with Crippen LogP contribution in [0.25, 0.3) is 0 Å². The largest absolute Gasteiger partial charge is 0.327 e. The van der Waals surface area contributed by atoms with Gasteiger partial charge in [-0.05, 0) is 43.7 Å². The zero-order valence-electron chi connectivity index (χ0n) is 9.54. The molecule has 84 valence electrons. The molecule has 2 atom stereocenters. The van der Waals surface area contributed by atoms with Crippen LogP contribution in [0.2, 0.25) is 0 Å². The first kappa shape index (κ1) is 11.2. The number of nitrogens with two attached hydrogens (primary N) is 1. The van der Waals surface area contributed by atoms with E-state index in [2.05, 4.69) is 19.1 Å². The molecule has 15 heavy (non-hydrogen) atoms. The maximum Gasteiger partial charge on any atom is 0.00706 e. The summed E-state index contributed by atoms with van der Waals surface area (Å²) in [6.45, 7) is 2.22. The van der Waals surface area contributed by atoms with E-state index in [0.29, 0.717) is 6.04 Å². The van der Waals surface area contributed by atoms with Crippen molar-refractivity contribution < 1.29 is 0 Å². The SMILES string of the molecule is CCc1ccc(CC2CCCCC2N)s1. The summed E-state index contributed by atoms with van der Waals surface area (Å²) < 4.78 is 0. The van der Waals surface area contributed by atoms with Crippen molar-refractivity contribution in [2.24, 2.45) is 11.7 Å². The number of thiophene rings is 1. The molecule has 0 bridgehead atoms. The molecule has 0 radical (unpaired) electrons. The van der Waals surface area contributed by atoms with Crippen molar-refractivity contribution in [3.63, 3.8) is 0 Å². The predicted molar refractivity (Wildman–Crippen MR) is 67.3 cm³/mol. The molecule has 0 aliphatic heterocycles. The average molecular weight is 223 g/mol. The minimum Gasteiger partial charge on any atom is -0.327 e. The van der Waals surface area contributed by atoms with E-state index in [0.717, 1.165) is 5.92 Å². The Morgan fingerprint density at radius 1 is 1.27 bits per heavy atom. The third-order valence-corrected chi connectivity index (χ3v) is 4.75. The highest BCUT2D eigenvalue weighted by molar-refractivity contribution is 7.11. The number of hydrogen-bond donors (Lipinski definition) is 1. The molecule has 0 amide bonds. The molecule has 1 aromatic rings. The summed E-state index contributed by atoms with van der Waals surface area (Å²) in [5, 5.41) is 0. The lowest BCUT2D eigenvalue weighted by molar-refractivity contribution is 0.308. The van der Waals surface area contributed by atoms with Crippen molar-refractivity contribution in [2.45, 2.75) is 51.5 Å². The zero-order valence-corrected chi connectivity index (χ0v) is 10.4. The van der Waals surface area contributed by atoms with Gasteiger partial charge in [-0.3, -0.25) is 0 Å². The molecular formula is C13H21NS. The lowest BCUT2D eigenvalue weighted by Gasteiger charge is -2.28. The molecule has 0 aromatic carbocycles. The minimum absolute atomic E-state index is 0.450. The van der Waals surface area contributed by atoms with Crippen LogP contribution in [0.1, 0.15) is 42.4 Å². The fraction of sp³-hybridized carbons (Fsp3) is 0.692. The summed E-state index contributed by atoms with van der Waals surface area (Å²) in [6, 6.07) is 5.02. The van der Waals surface area contributed by atoms with E-state index in [1.807, 2.05) is 11.3 Å². The molecule has 0 saturated heterocycles. The highest BCUT2D eigenvalue weighted by atomic mass is 32.1. The molecule has 1 aliphatic carbocycles. The molecule has 1 aromatic heterocycles. The summed E-state index contributed by atoms with van der Waals surface area (Å²) in [7, 11) is 0. The first-order valence-corrected chi connectivity index (χ1v) is 6.94. The maximum absolute atomic E-state index is 6.17. The topological polar surface area (TPSA) is 26.0 Å². The van der Waals surface area contributed by atoms with Gasteiger partial charge in [-0.1, -0.05) is 19.8 Å². The van der Waals surface area contributed by atoms with E-state index in [-0.39, 0.29) is 0 Å². The monoisotopic (exact) mass is 223 g/mol. The Bertz CT molecular complexity index is 305. The molecule has 0 spiro atoms. The van der Waals surface area contributed by atoms with Crippen LogP contribution in [0.15, 0.2) is 12.1 Å². The molecule has 2 N–H and O–H groups in total. The van der Waals surface area contributed by atoms with Gasteiger partial charge >= 0.3 is 0 Å². The van der Waals surface area contributed by atoms with Crippen molar-refractivity contribution >= 4 is 11.3 Å². The van der Waals surface area contributed by atoms with Crippen LogP contribution in [0.3, 0.4) is 0 Å². The van der Waals surface area contributed by atoms with Crippen molar-refractivity contribution in [3.05, 3.63) is 21.9 Å². The van der Waals surface area contributed by atoms with E-state index in [1.165, 1.54) is 48.3 Å². The summed E-state index contributed by atoms with van der Waals surface area (Å²) in [4.78, 5) is 3.04. The first-order chi connectivity index (χ1) is 7.29. The molecule has 1 saturated carbocycles. The summed E-state index contributed by atoms with van der Waals surface area (Å²) >= 11 is 1.97. The Hall–Kier alpha value is -0.340. The average Bonchev–Trinajstić information content (AvgIpc) is 2.69. The smallest absolute Gasteiger partial charge is 0.00706 e.